The Kier molecular flexibility index (Phi) is 14.7. The summed E-state index contributed by atoms with van der Waals surface area (Å²) in [6.45, 7) is 0.604. The van der Waals surface area contributed by atoms with Gasteiger partial charge in [-0.15, -0.1) is 5.11 Å². The number of unbranched alkanes of at least 4 members (excludes halogenated alkanes) is 1. The minimum Gasteiger partial charge on any atom is -0.728 e. The number of rotatable bonds is 8. The molecule has 5 N–H and O–H groups in total. The molecule has 0 saturated carbocycles. The van der Waals surface area contributed by atoms with Crippen LogP contribution < -0.4 is 45.9 Å². The van der Waals surface area contributed by atoms with Crippen LogP contribution in [0, 0.1) is 0 Å². The smallest absolute Gasteiger partial charge is 0.728 e. The van der Waals surface area contributed by atoms with Crippen LogP contribution in [-0.4, -0.2) is 50.7 Å². The molecule has 1 unspecified atom stereocenters. The van der Waals surface area contributed by atoms with Crippen molar-refractivity contribution in [3.05, 3.63) is 24.3 Å². The fraction of sp³-hybridized carbons (Fsp3) is 0.500. The van der Waals surface area contributed by atoms with E-state index in [-0.39, 0.29) is 29.6 Å². The molecule has 0 radical (unpaired) electrons. The predicted octanol–water partition coefficient (Wildman–Crippen LogP) is -2.17. The van der Waals surface area contributed by atoms with Crippen LogP contribution in [0.25, 0.3) is 0 Å². The molecule has 0 heterocycles. The van der Waals surface area contributed by atoms with Gasteiger partial charge in [0.15, 0.2) is 0 Å². The molecular formula is C14H24N5NaO5S. The molecule has 1 rings (SSSR count). The molecule has 142 valence electrons. The first-order chi connectivity index (χ1) is 11.6. The molecule has 1 aromatic rings. The second kappa shape index (κ2) is 14.0. The second-order valence-corrected chi connectivity index (χ2v) is 6.27. The molecular weight excluding hydrogens is 373 g/mol. The number of nitrogens with two attached hydrogens (primary N) is 2. The Morgan fingerprint density at radius 2 is 1.81 bits per heavy atom. The Balaban J connectivity index is 0. The summed E-state index contributed by atoms with van der Waals surface area (Å²) in [5.74, 6) is -0.933. The fourth-order valence-electron chi connectivity index (χ4n) is 1.55. The summed E-state index contributed by atoms with van der Waals surface area (Å²) in [4.78, 5) is 12.0. The molecule has 1 aromatic carbocycles. The molecule has 10 nitrogen and oxygen atoms in total. The van der Waals surface area contributed by atoms with Crippen LogP contribution in [0.2, 0.25) is 0 Å². The molecule has 0 amide bonds. The van der Waals surface area contributed by atoms with Crippen molar-refractivity contribution in [3.8, 4) is 0 Å². The molecule has 1 atom stereocenters. The fourth-order valence-corrected chi connectivity index (χ4v) is 1.74. The van der Waals surface area contributed by atoms with Crippen molar-refractivity contribution in [1.82, 2.24) is 0 Å². The van der Waals surface area contributed by atoms with Crippen molar-refractivity contribution >= 4 is 27.6 Å². The molecule has 0 bridgehead atoms. The van der Waals surface area contributed by atoms with Gasteiger partial charge in [-0.25, -0.2) is 8.42 Å². The largest absolute Gasteiger partial charge is 1.00 e. The molecule has 12 heteroatoms. The maximum Gasteiger partial charge on any atom is 1.00 e. The third kappa shape index (κ3) is 14.1. The maximum absolute atomic E-state index is 10.2. The van der Waals surface area contributed by atoms with Gasteiger partial charge in [0.2, 0.25) is 10.3 Å². The second-order valence-electron chi connectivity index (χ2n) is 5.25. The van der Waals surface area contributed by atoms with E-state index in [1.807, 2.05) is 19.0 Å². The van der Waals surface area contributed by atoms with E-state index in [2.05, 4.69) is 9.63 Å². The molecule has 0 fully saturated rings. The van der Waals surface area contributed by atoms with Crippen molar-refractivity contribution in [1.29, 1.82) is 0 Å². The number of carboxylic acids is 1. The summed E-state index contributed by atoms with van der Waals surface area (Å²) in [5.41, 5.74) is 11.7. The number of anilines is 1. The molecule has 0 aliphatic carbocycles. The van der Waals surface area contributed by atoms with Gasteiger partial charge < -0.3 is 26.0 Å². The van der Waals surface area contributed by atoms with Crippen LogP contribution >= 0.6 is 0 Å². The van der Waals surface area contributed by atoms with Gasteiger partial charge in [0.25, 0.3) is 0 Å². The van der Waals surface area contributed by atoms with Crippen LogP contribution in [0.15, 0.2) is 33.9 Å². The zero-order valence-electron chi connectivity index (χ0n) is 15.2. The zero-order valence-corrected chi connectivity index (χ0v) is 18.0. The topological polar surface area (TPSA) is 174 Å². The first-order valence-electron chi connectivity index (χ1n) is 7.41. The van der Waals surface area contributed by atoms with E-state index < -0.39 is 22.3 Å². The van der Waals surface area contributed by atoms with Crippen molar-refractivity contribution < 1.29 is 52.4 Å². The summed E-state index contributed by atoms with van der Waals surface area (Å²) >= 11 is 0. The van der Waals surface area contributed by atoms with Crippen LogP contribution in [0.5, 0.6) is 0 Å². The van der Waals surface area contributed by atoms with Gasteiger partial charge in [-0.05, 0) is 43.7 Å². The van der Waals surface area contributed by atoms with Gasteiger partial charge in [-0.3, -0.25) is 4.79 Å². The van der Waals surface area contributed by atoms with Gasteiger partial charge in [0, 0.05) is 19.8 Å². The van der Waals surface area contributed by atoms with Crippen LogP contribution in [0.1, 0.15) is 19.3 Å². The molecule has 0 aliphatic heterocycles. The summed E-state index contributed by atoms with van der Waals surface area (Å²) in [6.07, 6.45) is 2.16. The van der Waals surface area contributed by atoms with E-state index in [1.54, 1.807) is 24.3 Å². The van der Waals surface area contributed by atoms with E-state index in [4.69, 9.17) is 16.6 Å². The van der Waals surface area contributed by atoms with Crippen molar-refractivity contribution in [2.24, 2.45) is 21.1 Å². The normalized spacial score (nSPS) is 11.9. The number of nitrogens with zero attached hydrogens (tertiary/aromatic N) is 3. The van der Waals surface area contributed by atoms with E-state index in [0.717, 1.165) is 18.5 Å². The number of carbonyl (C=O) groups is 1. The number of hydrogen-bond donors (Lipinski definition) is 3. The third-order valence-corrected chi connectivity index (χ3v) is 3.19. The molecule has 0 saturated heterocycles. The third-order valence-electron chi connectivity index (χ3n) is 2.91. The monoisotopic (exact) mass is 397 g/mol. The summed E-state index contributed by atoms with van der Waals surface area (Å²) in [7, 11) is -0.904. The van der Waals surface area contributed by atoms with E-state index in [9.17, 15) is 17.8 Å². The molecule has 0 spiro atoms. The summed E-state index contributed by atoms with van der Waals surface area (Å²) in [5, 5.41) is 11.6. The average molecular weight is 397 g/mol. The Morgan fingerprint density at radius 3 is 2.19 bits per heavy atom. The van der Waals surface area contributed by atoms with Crippen molar-refractivity contribution in [2.75, 3.05) is 25.5 Å². The van der Waals surface area contributed by atoms with Crippen molar-refractivity contribution in [2.45, 2.75) is 25.3 Å². The van der Waals surface area contributed by atoms with Gasteiger partial charge in [0.1, 0.15) is 6.04 Å². The molecule has 0 aliphatic rings. The minimum absolute atomic E-state index is 0. The summed E-state index contributed by atoms with van der Waals surface area (Å²) in [6, 6.07) is 5.91. The van der Waals surface area contributed by atoms with Gasteiger partial charge in [-0.1, -0.05) is 10.9 Å². The molecule has 0 aromatic heterocycles. The van der Waals surface area contributed by atoms with E-state index in [0.29, 0.717) is 18.7 Å². The number of carboxylic acid groups (broad SMARTS) is 1. The SMILES string of the molecule is CN(C)c1ccc(N=NS(=O)(=O)[O-])cc1.NCCCCC(N)C(=O)O.[Na+]. The number of aliphatic carboxylic acids is 1. The van der Waals surface area contributed by atoms with E-state index >= 15 is 0 Å². The van der Waals surface area contributed by atoms with Gasteiger partial charge >= 0.3 is 35.5 Å². The Labute approximate surface area is 175 Å². The maximum atomic E-state index is 10.2. The van der Waals surface area contributed by atoms with E-state index in [1.165, 1.54) is 0 Å². The van der Waals surface area contributed by atoms with Crippen LogP contribution in [-0.2, 0) is 15.1 Å². The number of benzene rings is 1. The Hall–Kier alpha value is -1.08. The predicted molar refractivity (Wildman–Crippen MR) is 93.5 cm³/mol. The van der Waals surface area contributed by atoms with Crippen LogP contribution in [0.3, 0.4) is 0 Å². The van der Waals surface area contributed by atoms with Crippen molar-refractivity contribution in [3.63, 3.8) is 0 Å². The standard InChI is InChI=1S/C8H11N3O3S.C6H14N2O2.Na/c1-11(2)8-5-3-7(4-6-8)9-10-15(12,13)14;7-4-2-1-3-5(8)6(9)10;/h3-6H,1-2H3,(H,12,13,14);5H,1-4,7-8H2,(H,9,10);/q;;+1/p-1. The number of hydrogen-bond acceptors (Lipinski definition) is 8. The zero-order chi connectivity index (χ0) is 19.5. The quantitative estimate of drug-likeness (QED) is 0.192. The molecule has 26 heavy (non-hydrogen) atoms. The van der Waals surface area contributed by atoms with Gasteiger partial charge in [0.05, 0.1) is 5.69 Å². The van der Waals surface area contributed by atoms with Crippen LogP contribution in [0.4, 0.5) is 11.4 Å². The minimum atomic E-state index is -4.65. The first kappa shape index (κ1) is 27.1. The van der Waals surface area contributed by atoms with Gasteiger partial charge in [-0.2, -0.15) is 0 Å². The summed E-state index contributed by atoms with van der Waals surface area (Å²) < 4.78 is 33.1. The average Bonchev–Trinajstić information content (AvgIpc) is 2.53. The Morgan fingerprint density at radius 1 is 1.27 bits per heavy atom. The first-order valence-corrected chi connectivity index (χ1v) is 8.78. The Bertz CT molecular complexity index is 652.